The Morgan fingerprint density at radius 2 is 1.90 bits per heavy atom. The molecule has 1 aromatic heterocycles. The summed E-state index contributed by atoms with van der Waals surface area (Å²) in [5.74, 6) is 0. The summed E-state index contributed by atoms with van der Waals surface area (Å²) >= 11 is 1.88. The molecule has 1 atom stereocenters. The zero-order chi connectivity index (χ0) is 15.1. The molecule has 21 heavy (non-hydrogen) atoms. The van der Waals surface area contributed by atoms with Crippen LogP contribution in [0.15, 0.2) is 42.5 Å². The van der Waals surface area contributed by atoms with E-state index in [1.807, 2.05) is 11.3 Å². The highest BCUT2D eigenvalue weighted by Gasteiger charge is 2.06. The zero-order valence-electron chi connectivity index (χ0n) is 13.3. The fourth-order valence-corrected chi connectivity index (χ4v) is 3.21. The summed E-state index contributed by atoms with van der Waals surface area (Å²) in [6.07, 6.45) is 1.21. The van der Waals surface area contributed by atoms with Crippen molar-refractivity contribution in [3.63, 3.8) is 0 Å². The van der Waals surface area contributed by atoms with E-state index >= 15 is 0 Å². The van der Waals surface area contributed by atoms with Crippen molar-refractivity contribution in [1.82, 2.24) is 10.2 Å². The smallest absolute Gasteiger partial charge is 0.0346 e. The van der Waals surface area contributed by atoms with E-state index in [2.05, 4.69) is 73.6 Å². The molecule has 0 spiro atoms. The van der Waals surface area contributed by atoms with Crippen LogP contribution in [0.1, 0.15) is 25.1 Å². The van der Waals surface area contributed by atoms with Crippen LogP contribution in [0.3, 0.4) is 0 Å². The van der Waals surface area contributed by atoms with Crippen molar-refractivity contribution in [3.8, 4) is 10.4 Å². The van der Waals surface area contributed by atoms with Crippen molar-refractivity contribution in [2.45, 2.75) is 32.9 Å². The summed E-state index contributed by atoms with van der Waals surface area (Å²) in [6.45, 7) is 7.63. The molecule has 0 bridgehead atoms. The summed E-state index contributed by atoms with van der Waals surface area (Å²) in [4.78, 5) is 5.17. The topological polar surface area (TPSA) is 15.3 Å². The van der Waals surface area contributed by atoms with Gasteiger partial charge in [0.25, 0.3) is 0 Å². The molecule has 1 aromatic carbocycles. The van der Waals surface area contributed by atoms with Crippen molar-refractivity contribution in [3.05, 3.63) is 47.3 Å². The Kier molecular flexibility index (Phi) is 6.43. The minimum absolute atomic E-state index is 0.665. The summed E-state index contributed by atoms with van der Waals surface area (Å²) in [5, 5.41) is 3.55. The zero-order valence-corrected chi connectivity index (χ0v) is 14.1. The predicted octanol–water partition coefficient (Wildman–Crippen LogP) is 4.24. The molecule has 2 nitrogen and oxygen atoms in total. The van der Waals surface area contributed by atoms with Crippen LogP contribution in [0.25, 0.3) is 10.4 Å². The molecule has 1 N–H and O–H groups in total. The first-order chi connectivity index (χ1) is 10.2. The van der Waals surface area contributed by atoms with Crippen molar-refractivity contribution < 1.29 is 0 Å². The van der Waals surface area contributed by atoms with Gasteiger partial charge in [-0.25, -0.2) is 0 Å². The highest BCUT2D eigenvalue weighted by molar-refractivity contribution is 7.15. The van der Waals surface area contributed by atoms with E-state index in [0.717, 1.165) is 19.6 Å². The van der Waals surface area contributed by atoms with E-state index in [1.54, 1.807) is 0 Å². The maximum absolute atomic E-state index is 3.55. The number of rotatable bonds is 8. The van der Waals surface area contributed by atoms with Gasteiger partial charge < -0.3 is 10.2 Å². The molecule has 1 heterocycles. The highest BCUT2D eigenvalue weighted by Crippen LogP contribution is 2.27. The maximum Gasteiger partial charge on any atom is 0.0346 e. The average Bonchev–Trinajstić information content (AvgIpc) is 3.00. The molecule has 0 aliphatic rings. The van der Waals surface area contributed by atoms with Gasteiger partial charge in [-0.3, -0.25) is 0 Å². The molecule has 3 heteroatoms. The third-order valence-corrected chi connectivity index (χ3v) is 5.14. The van der Waals surface area contributed by atoms with E-state index < -0.39 is 0 Å². The van der Waals surface area contributed by atoms with Gasteiger partial charge in [0, 0.05) is 35.4 Å². The minimum atomic E-state index is 0.665. The van der Waals surface area contributed by atoms with Crippen LogP contribution in [0.4, 0.5) is 0 Å². The molecule has 0 radical (unpaired) electrons. The number of nitrogens with zero attached hydrogens (tertiary/aromatic N) is 1. The molecule has 1 unspecified atom stereocenters. The van der Waals surface area contributed by atoms with Gasteiger partial charge in [0.2, 0.25) is 0 Å². The number of benzene rings is 1. The van der Waals surface area contributed by atoms with Gasteiger partial charge in [-0.2, -0.15) is 0 Å². The van der Waals surface area contributed by atoms with Gasteiger partial charge in [-0.15, -0.1) is 11.3 Å². The first-order valence-electron chi connectivity index (χ1n) is 7.75. The molecular weight excluding hydrogens is 276 g/mol. The Hall–Kier alpha value is -1.16. The summed E-state index contributed by atoms with van der Waals surface area (Å²) in [5.41, 5.74) is 1.31. The lowest BCUT2D eigenvalue weighted by atomic mass is 10.2. The van der Waals surface area contributed by atoms with Crippen molar-refractivity contribution in [2.24, 2.45) is 0 Å². The highest BCUT2D eigenvalue weighted by atomic mass is 32.1. The van der Waals surface area contributed by atoms with Crippen LogP contribution < -0.4 is 5.32 Å². The monoisotopic (exact) mass is 302 g/mol. The lowest BCUT2D eigenvalue weighted by Gasteiger charge is -2.23. The van der Waals surface area contributed by atoms with Crippen LogP contribution in [-0.4, -0.2) is 31.1 Å². The summed E-state index contributed by atoms with van der Waals surface area (Å²) in [7, 11) is 2.20. The van der Waals surface area contributed by atoms with Crippen LogP contribution in [0.5, 0.6) is 0 Å². The molecular formula is C18H26N2S. The van der Waals surface area contributed by atoms with Gasteiger partial charge in [-0.05, 0) is 38.1 Å². The second-order valence-electron chi connectivity index (χ2n) is 5.55. The standard InChI is InChI=1S/C18H26N2S/c1-4-15(2)20(3)13-12-19-14-17-10-11-18(21-17)16-8-6-5-7-9-16/h5-11,15,19H,4,12-14H2,1-3H3. The number of nitrogens with one attached hydrogen (secondary N) is 1. The van der Waals surface area contributed by atoms with Crippen molar-refractivity contribution in [1.29, 1.82) is 0 Å². The second kappa shape index (κ2) is 8.32. The average molecular weight is 302 g/mol. The summed E-state index contributed by atoms with van der Waals surface area (Å²) in [6, 6.07) is 15.7. The molecule has 0 fully saturated rings. The van der Waals surface area contributed by atoms with E-state index in [4.69, 9.17) is 0 Å². The first kappa shape index (κ1) is 16.2. The Morgan fingerprint density at radius 1 is 1.14 bits per heavy atom. The molecule has 0 amide bonds. The quantitative estimate of drug-likeness (QED) is 0.734. The van der Waals surface area contributed by atoms with Gasteiger partial charge in [0.15, 0.2) is 0 Å². The fourth-order valence-electron chi connectivity index (χ4n) is 2.23. The van der Waals surface area contributed by atoms with Crippen molar-refractivity contribution in [2.75, 3.05) is 20.1 Å². The molecule has 0 saturated carbocycles. The third-order valence-electron chi connectivity index (χ3n) is 4.00. The molecule has 114 valence electrons. The number of thiophene rings is 1. The van der Waals surface area contributed by atoms with E-state index in [0.29, 0.717) is 6.04 Å². The molecule has 0 saturated heterocycles. The molecule has 0 aliphatic carbocycles. The first-order valence-corrected chi connectivity index (χ1v) is 8.57. The van der Waals surface area contributed by atoms with Crippen LogP contribution >= 0.6 is 11.3 Å². The van der Waals surface area contributed by atoms with Gasteiger partial charge >= 0.3 is 0 Å². The lowest BCUT2D eigenvalue weighted by molar-refractivity contribution is 0.252. The largest absolute Gasteiger partial charge is 0.311 e. The van der Waals surface area contributed by atoms with Gasteiger partial charge in [0.05, 0.1) is 0 Å². The van der Waals surface area contributed by atoms with E-state index in [-0.39, 0.29) is 0 Å². The van der Waals surface area contributed by atoms with Crippen LogP contribution in [0, 0.1) is 0 Å². The molecule has 0 aliphatic heterocycles. The Morgan fingerprint density at radius 3 is 2.62 bits per heavy atom. The maximum atomic E-state index is 3.55. The normalized spacial score (nSPS) is 12.8. The second-order valence-corrected chi connectivity index (χ2v) is 6.71. The number of likely N-dealkylation sites (N-methyl/N-ethyl adjacent to an activating group) is 1. The lowest BCUT2D eigenvalue weighted by Crippen LogP contribution is -2.34. The van der Waals surface area contributed by atoms with E-state index in [1.165, 1.54) is 21.7 Å². The number of hydrogen-bond acceptors (Lipinski definition) is 3. The van der Waals surface area contributed by atoms with Crippen molar-refractivity contribution >= 4 is 11.3 Å². The van der Waals surface area contributed by atoms with Gasteiger partial charge in [0.1, 0.15) is 0 Å². The Bertz CT molecular complexity index is 521. The fraction of sp³-hybridized carbons (Fsp3) is 0.444. The SMILES string of the molecule is CCC(C)N(C)CCNCc1ccc(-c2ccccc2)s1. The predicted molar refractivity (Wildman–Crippen MR) is 93.8 cm³/mol. The van der Waals surface area contributed by atoms with Gasteiger partial charge in [-0.1, -0.05) is 37.3 Å². The Labute approximate surface area is 132 Å². The van der Waals surface area contributed by atoms with E-state index in [9.17, 15) is 0 Å². The van der Waals surface area contributed by atoms with Crippen LogP contribution in [-0.2, 0) is 6.54 Å². The molecule has 2 aromatic rings. The molecule has 2 rings (SSSR count). The summed E-state index contributed by atoms with van der Waals surface area (Å²) < 4.78 is 0. The Balaban J connectivity index is 1.76. The van der Waals surface area contributed by atoms with Crippen LogP contribution in [0.2, 0.25) is 0 Å². The number of hydrogen-bond donors (Lipinski definition) is 1. The minimum Gasteiger partial charge on any atom is -0.311 e. The third kappa shape index (κ3) is 4.95.